The second kappa shape index (κ2) is 11.6. The molecule has 4 rings (SSSR count). The van der Waals surface area contributed by atoms with Gasteiger partial charge in [0.1, 0.15) is 18.5 Å². The molecule has 34 heavy (non-hydrogen) atoms. The third kappa shape index (κ3) is 5.60. The lowest BCUT2D eigenvalue weighted by atomic mass is 9.88. The Morgan fingerprint density at radius 2 is 1.71 bits per heavy atom. The highest BCUT2D eigenvalue weighted by Gasteiger charge is 2.30. The molecule has 1 atom stereocenters. The molecule has 2 aliphatic rings. The van der Waals surface area contributed by atoms with Crippen LogP contribution in [0.3, 0.4) is 0 Å². The van der Waals surface area contributed by atoms with Crippen molar-refractivity contribution in [3.05, 3.63) is 29.5 Å². The van der Waals surface area contributed by atoms with Crippen LogP contribution in [0.5, 0.6) is 5.75 Å². The van der Waals surface area contributed by atoms with Gasteiger partial charge in [-0.1, -0.05) is 38.5 Å². The molecule has 0 aliphatic heterocycles. The van der Waals surface area contributed by atoms with E-state index in [0.717, 1.165) is 16.6 Å². The number of rotatable bonds is 9. The Morgan fingerprint density at radius 3 is 2.29 bits per heavy atom. The molecule has 0 radical (unpaired) electrons. The van der Waals surface area contributed by atoms with Crippen LogP contribution in [0.1, 0.15) is 87.2 Å². The van der Waals surface area contributed by atoms with Gasteiger partial charge < -0.3 is 19.1 Å². The molecular weight excluding hydrogens is 428 g/mol. The summed E-state index contributed by atoms with van der Waals surface area (Å²) in [4.78, 5) is 15.2. The molecule has 188 valence electrons. The van der Waals surface area contributed by atoms with Crippen LogP contribution in [0.25, 0.3) is 10.9 Å². The number of fused-ring (bicyclic) bond motifs is 1. The molecule has 2 saturated carbocycles. The number of ether oxygens (including phenoxy) is 2. The molecule has 2 aliphatic carbocycles. The Labute approximate surface area is 204 Å². The number of esters is 1. The normalized spacial score (nSPS) is 19.0. The maximum absolute atomic E-state index is 12.6. The van der Waals surface area contributed by atoms with E-state index < -0.39 is 6.10 Å². The monoisotopic (exact) mass is 470 g/mol. The predicted octanol–water partition coefficient (Wildman–Crippen LogP) is 5.37. The van der Waals surface area contributed by atoms with Crippen LogP contribution in [0, 0.1) is 6.92 Å². The molecule has 2 aromatic rings. The number of carbonyl (C=O) groups excluding carboxylic acids is 1. The highest BCUT2D eigenvalue weighted by molar-refractivity contribution is 6.06. The standard InChI is InChI=1S/C28H42N2O4/c1-4-33-28(32)27-20(2)29(3)26-16-15-24(17-25(26)27)34-19-23(31)18-30(21-11-7-5-8-12-21)22-13-9-6-10-14-22/h15-17,21-23,31H,4-14,18-19H2,1-3H3/t23-/m1/s1. The summed E-state index contributed by atoms with van der Waals surface area (Å²) in [5.74, 6) is 0.364. The van der Waals surface area contributed by atoms with Gasteiger partial charge in [-0.2, -0.15) is 0 Å². The second-order valence-corrected chi connectivity index (χ2v) is 10.2. The zero-order valence-electron chi connectivity index (χ0n) is 21.2. The summed E-state index contributed by atoms with van der Waals surface area (Å²) >= 11 is 0. The first-order chi connectivity index (χ1) is 16.5. The maximum Gasteiger partial charge on any atom is 0.340 e. The summed E-state index contributed by atoms with van der Waals surface area (Å²) in [5, 5.41) is 11.8. The van der Waals surface area contributed by atoms with Gasteiger partial charge in [0.05, 0.1) is 12.2 Å². The van der Waals surface area contributed by atoms with Gasteiger partial charge in [-0.3, -0.25) is 4.90 Å². The van der Waals surface area contributed by atoms with E-state index >= 15 is 0 Å². The van der Waals surface area contributed by atoms with Gasteiger partial charge in [-0.05, 0) is 57.7 Å². The van der Waals surface area contributed by atoms with Gasteiger partial charge >= 0.3 is 5.97 Å². The summed E-state index contributed by atoms with van der Waals surface area (Å²) in [6.07, 6.45) is 12.4. The van der Waals surface area contributed by atoms with Crippen molar-refractivity contribution in [2.45, 2.75) is 96.2 Å². The number of nitrogens with zero attached hydrogens (tertiary/aromatic N) is 2. The van der Waals surface area contributed by atoms with Crippen molar-refractivity contribution in [3.63, 3.8) is 0 Å². The summed E-state index contributed by atoms with van der Waals surface area (Å²) < 4.78 is 13.4. The fourth-order valence-electron chi connectivity index (χ4n) is 6.01. The van der Waals surface area contributed by atoms with E-state index in [1.54, 1.807) is 0 Å². The van der Waals surface area contributed by atoms with Gasteiger partial charge in [-0.25, -0.2) is 4.79 Å². The first-order valence-electron chi connectivity index (χ1n) is 13.3. The SMILES string of the molecule is CCOC(=O)c1c(C)n(C)c2ccc(OC[C@H](O)CN(C3CCCCC3)C3CCCCC3)cc12. The van der Waals surface area contributed by atoms with Crippen LogP contribution in [0.15, 0.2) is 18.2 Å². The maximum atomic E-state index is 12.6. The summed E-state index contributed by atoms with van der Waals surface area (Å²) in [5.41, 5.74) is 2.43. The van der Waals surface area contributed by atoms with Gasteiger partial charge in [0.25, 0.3) is 0 Å². The van der Waals surface area contributed by atoms with Crippen LogP contribution < -0.4 is 4.74 Å². The summed E-state index contributed by atoms with van der Waals surface area (Å²) in [6.45, 7) is 5.02. The van der Waals surface area contributed by atoms with Gasteiger partial charge in [-0.15, -0.1) is 0 Å². The van der Waals surface area contributed by atoms with E-state index in [-0.39, 0.29) is 12.6 Å². The van der Waals surface area contributed by atoms with Crippen LogP contribution in [-0.4, -0.2) is 58.5 Å². The summed E-state index contributed by atoms with van der Waals surface area (Å²) in [7, 11) is 1.95. The third-order valence-corrected chi connectivity index (χ3v) is 7.89. The molecule has 0 bridgehead atoms. The molecule has 1 heterocycles. The smallest absolute Gasteiger partial charge is 0.340 e. The number of hydrogen-bond donors (Lipinski definition) is 1. The van der Waals surface area contributed by atoms with Crippen LogP contribution >= 0.6 is 0 Å². The highest BCUT2D eigenvalue weighted by Crippen LogP contribution is 2.31. The van der Waals surface area contributed by atoms with Crippen LogP contribution in [0.4, 0.5) is 0 Å². The quantitative estimate of drug-likeness (QED) is 0.499. The van der Waals surface area contributed by atoms with Crippen LogP contribution in [-0.2, 0) is 11.8 Å². The number of benzene rings is 1. The van der Waals surface area contributed by atoms with E-state index in [9.17, 15) is 9.90 Å². The second-order valence-electron chi connectivity index (χ2n) is 10.2. The van der Waals surface area contributed by atoms with E-state index in [4.69, 9.17) is 9.47 Å². The number of aliphatic hydroxyl groups excluding tert-OH is 1. The Kier molecular flexibility index (Phi) is 8.54. The van der Waals surface area contributed by atoms with Crippen molar-refractivity contribution < 1.29 is 19.4 Å². The van der Waals surface area contributed by atoms with Crippen molar-refractivity contribution in [1.82, 2.24) is 9.47 Å². The average Bonchev–Trinajstić information content (AvgIpc) is 3.11. The van der Waals surface area contributed by atoms with Crippen molar-refractivity contribution in [3.8, 4) is 5.75 Å². The van der Waals surface area contributed by atoms with Crippen molar-refractivity contribution in [1.29, 1.82) is 0 Å². The highest BCUT2D eigenvalue weighted by atomic mass is 16.5. The molecule has 6 nitrogen and oxygen atoms in total. The van der Waals surface area contributed by atoms with Gasteiger partial charge in [0.2, 0.25) is 0 Å². The molecule has 1 N–H and O–H groups in total. The molecule has 0 saturated heterocycles. The zero-order chi connectivity index (χ0) is 24.1. The van der Waals surface area contributed by atoms with Crippen molar-refractivity contribution in [2.24, 2.45) is 7.05 Å². The Bertz CT molecular complexity index is 939. The molecule has 0 amide bonds. The fraction of sp³-hybridized carbons (Fsp3) is 0.679. The van der Waals surface area contributed by atoms with E-state index in [0.29, 0.717) is 36.5 Å². The molecule has 2 fully saturated rings. The minimum Gasteiger partial charge on any atom is -0.491 e. The first-order valence-corrected chi connectivity index (χ1v) is 13.3. The molecule has 1 aromatic carbocycles. The minimum atomic E-state index is -0.540. The largest absolute Gasteiger partial charge is 0.491 e. The van der Waals surface area contributed by atoms with E-state index in [2.05, 4.69) is 4.90 Å². The van der Waals surface area contributed by atoms with Crippen molar-refractivity contribution in [2.75, 3.05) is 19.8 Å². The summed E-state index contributed by atoms with van der Waals surface area (Å²) in [6, 6.07) is 7.00. The Hall–Kier alpha value is -2.05. The number of carbonyl (C=O) groups is 1. The van der Waals surface area contributed by atoms with Crippen molar-refractivity contribution >= 4 is 16.9 Å². The number of hydrogen-bond acceptors (Lipinski definition) is 5. The number of aromatic nitrogens is 1. The predicted molar refractivity (Wildman–Crippen MR) is 136 cm³/mol. The molecule has 6 heteroatoms. The average molecular weight is 471 g/mol. The van der Waals surface area contributed by atoms with Crippen LogP contribution in [0.2, 0.25) is 0 Å². The number of aliphatic hydroxyl groups is 1. The Morgan fingerprint density at radius 1 is 1.09 bits per heavy atom. The lowest BCUT2D eigenvalue weighted by molar-refractivity contribution is 0.0118. The topological polar surface area (TPSA) is 63.9 Å². The lowest BCUT2D eigenvalue weighted by Gasteiger charge is -2.42. The van der Waals surface area contributed by atoms with E-state index in [1.807, 2.05) is 43.7 Å². The first kappa shape index (κ1) is 25.1. The third-order valence-electron chi connectivity index (χ3n) is 7.89. The zero-order valence-corrected chi connectivity index (χ0v) is 21.2. The molecule has 1 aromatic heterocycles. The molecule has 0 unspecified atom stereocenters. The fourth-order valence-corrected chi connectivity index (χ4v) is 6.01. The minimum absolute atomic E-state index is 0.252. The van der Waals surface area contributed by atoms with Gasteiger partial charge in [0.15, 0.2) is 0 Å². The number of aryl methyl sites for hydroxylation is 1. The Balaban J connectivity index is 1.44. The van der Waals surface area contributed by atoms with E-state index in [1.165, 1.54) is 64.2 Å². The van der Waals surface area contributed by atoms with Gasteiger partial charge in [0, 0.05) is 42.3 Å². The lowest BCUT2D eigenvalue weighted by Crippen LogP contribution is -2.49. The molecular formula is C28H42N2O4. The molecule has 0 spiro atoms.